The highest BCUT2D eigenvalue weighted by molar-refractivity contribution is 5.75. The molecule has 0 amide bonds. The van der Waals surface area contributed by atoms with Crippen LogP contribution in [-0.2, 0) is 12.8 Å². The van der Waals surface area contributed by atoms with Gasteiger partial charge in [-0.05, 0) is 77.5 Å². The van der Waals surface area contributed by atoms with Crippen LogP contribution in [0.25, 0.3) is 22.3 Å². The number of benzene rings is 3. The lowest BCUT2D eigenvalue weighted by Crippen LogP contribution is -1.93. The molecule has 4 rings (SSSR count). The molecule has 1 aliphatic rings. The molecule has 0 radical (unpaired) electrons. The Morgan fingerprint density at radius 2 is 1.41 bits per heavy atom. The molecule has 1 fully saturated rings. The van der Waals surface area contributed by atoms with E-state index < -0.39 is 0 Å². The SMILES string of the molecule is CCCCc1ccc(-c2ccc(-c3ccc(CCC)cc3)c(C3CC3)c2)c(F)c1. The minimum Gasteiger partial charge on any atom is -0.206 e. The predicted octanol–water partition coefficient (Wildman–Crippen LogP) is 8.33. The molecule has 0 spiro atoms. The first-order chi connectivity index (χ1) is 14.2. The van der Waals surface area contributed by atoms with Crippen LogP contribution in [0.15, 0.2) is 60.7 Å². The number of aryl methyl sites for hydroxylation is 2. The van der Waals surface area contributed by atoms with Gasteiger partial charge in [0.15, 0.2) is 0 Å². The Morgan fingerprint density at radius 1 is 0.724 bits per heavy atom. The first kappa shape index (κ1) is 19.9. The molecule has 0 atom stereocenters. The number of hydrogen-bond acceptors (Lipinski definition) is 0. The van der Waals surface area contributed by atoms with Crippen LogP contribution in [0.3, 0.4) is 0 Å². The second-order valence-electron chi connectivity index (χ2n) is 8.44. The highest BCUT2D eigenvalue weighted by atomic mass is 19.1. The van der Waals surface area contributed by atoms with E-state index >= 15 is 0 Å². The van der Waals surface area contributed by atoms with E-state index in [4.69, 9.17) is 0 Å². The van der Waals surface area contributed by atoms with E-state index in [0.717, 1.165) is 42.4 Å². The van der Waals surface area contributed by atoms with Crippen LogP contribution in [0.4, 0.5) is 4.39 Å². The maximum absolute atomic E-state index is 14.9. The van der Waals surface area contributed by atoms with Gasteiger partial charge in [0.1, 0.15) is 5.82 Å². The molecule has 1 aliphatic carbocycles. The summed E-state index contributed by atoms with van der Waals surface area (Å²) in [6, 6.07) is 21.3. The van der Waals surface area contributed by atoms with E-state index in [-0.39, 0.29) is 5.82 Å². The summed E-state index contributed by atoms with van der Waals surface area (Å²) in [4.78, 5) is 0. The fourth-order valence-electron chi connectivity index (χ4n) is 4.19. The molecule has 0 nitrogen and oxygen atoms in total. The minimum absolute atomic E-state index is 0.1000. The van der Waals surface area contributed by atoms with Gasteiger partial charge in [0.25, 0.3) is 0 Å². The van der Waals surface area contributed by atoms with Gasteiger partial charge in [-0.2, -0.15) is 0 Å². The van der Waals surface area contributed by atoms with E-state index in [1.54, 1.807) is 6.07 Å². The summed E-state index contributed by atoms with van der Waals surface area (Å²) >= 11 is 0. The summed E-state index contributed by atoms with van der Waals surface area (Å²) in [5, 5.41) is 0. The van der Waals surface area contributed by atoms with Gasteiger partial charge < -0.3 is 0 Å². The number of unbranched alkanes of at least 4 members (excludes halogenated alkanes) is 1. The van der Waals surface area contributed by atoms with Crippen molar-refractivity contribution in [3.63, 3.8) is 0 Å². The van der Waals surface area contributed by atoms with Crippen molar-refractivity contribution in [3.8, 4) is 22.3 Å². The molecule has 0 heterocycles. The Kier molecular flexibility index (Phi) is 6.13. The van der Waals surface area contributed by atoms with Gasteiger partial charge in [-0.3, -0.25) is 0 Å². The fraction of sp³-hybridized carbons (Fsp3) is 0.357. The van der Waals surface area contributed by atoms with Crippen LogP contribution in [0, 0.1) is 5.82 Å². The molecule has 0 unspecified atom stereocenters. The molecular formula is C28H31F. The Labute approximate surface area is 174 Å². The van der Waals surface area contributed by atoms with Crippen molar-refractivity contribution < 1.29 is 4.39 Å². The van der Waals surface area contributed by atoms with E-state index in [0.29, 0.717) is 5.92 Å². The van der Waals surface area contributed by atoms with E-state index in [1.165, 1.54) is 41.5 Å². The third kappa shape index (κ3) is 4.61. The van der Waals surface area contributed by atoms with Crippen LogP contribution >= 0.6 is 0 Å². The van der Waals surface area contributed by atoms with E-state index in [2.05, 4.69) is 62.4 Å². The Morgan fingerprint density at radius 3 is 2.07 bits per heavy atom. The van der Waals surface area contributed by atoms with E-state index in [9.17, 15) is 4.39 Å². The lowest BCUT2D eigenvalue weighted by molar-refractivity contribution is 0.627. The second kappa shape index (κ2) is 8.95. The molecular weight excluding hydrogens is 355 g/mol. The zero-order valence-electron chi connectivity index (χ0n) is 17.7. The molecule has 0 bridgehead atoms. The lowest BCUT2D eigenvalue weighted by atomic mass is 9.91. The topological polar surface area (TPSA) is 0 Å². The molecule has 1 saturated carbocycles. The first-order valence-corrected chi connectivity index (χ1v) is 11.2. The van der Waals surface area contributed by atoms with Gasteiger partial charge in [0.2, 0.25) is 0 Å². The Bertz CT molecular complexity index is 964. The maximum atomic E-state index is 14.9. The van der Waals surface area contributed by atoms with Gasteiger partial charge in [-0.15, -0.1) is 0 Å². The summed E-state index contributed by atoms with van der Waals surface area (Å²) in [5.41, 5.74) is 8.16. The van der Waals surface area contributed by atoms with Crippen LogP contribution in [0.5, 0.6) is 0 Å². The summed E-state index contributed by atoms with van der Waals surface area (Å²) < 4.78 is 14.9. The fourth-order valence-corrected chi connectivity index (χ4v) is 4.19. The number of rotatable bonds is 8. The third-order valence-corrected chi connectivity index (χ3v) is 6.04. The lowest BCUT2D eigenvalue weighted by Gasteiger charge is -2.14. The van der Waals surface area contributed by atoms with Crippen molar-refractivity contribution in [1.29, 1.82) is 0 Å². The molecule has 0 N–H and O–H groups in total. The van der Waals surface area contributed by atoms with Crippen molar-refractivity contribution in [2.24, 2.45) is 0 Å². The highest BCUT2D eigenvalue weighted by Crippen LogP contribution is 2.46. The Balaban J connectivity index is 1.66. The van der Waals surface area contributed by atoms with Crippen molar-refractivity contribution in [1.82, 2.24) is 0 Å². The smallest absolute Gasteiger partial charge is 0.131 e. The molecule has 1 heteroatoms. The van der Waals surface area contributed by atoms with Gasteiger partial charge >= 0.3 is 0 Å². The standard InChI is InChI=1S/C28H31F/c1-3-5-7-21-10-16-26(28(29)18-21)24-15-17-25(27(19-24)23-13-14-23)22-11-8-20(6-4-2)9-12-22/h8-12,15-19,23H,3-7,13-14H2,1-2H3. The summed E-state index contributed by atoms with van der Waals surface area (Å²) in [5.74, 6) is 0.518. The number of hydrogen-bond donors (Lipinski definition) is 0. The van der Waals surface area contributed by atoms with Crippen molar-refractivity contribution in [2.45, 2.75) is 64.7 Å². The van der Waals surface area contributed by atoms with Crippen LogP contribution in [0.1, 0.15) is 68.6 Å². The van der Waals surface area contributed by atoms with Crippen LogP contribution in [-0.4, -0.2) is 0 Å². The van der Waals surface area contributed by atoms with E-state index in [1.807, 2.05) is 6.07 Å². The molecule has 0 aliphatic heterocycles. The quantitative estimate of drug-likeness (QED) is 0.365. The largest absolute Gasteiger partial charge is 0.206 e. The second-order valence-corrected chi connectivity index (χ2v) is 8.44. The average molecular weight is 387 g/mol. The number of halogens is 1. The maximum Gasteiger partial charge on any atom is 0.131 e. The summed E-state index contributed by atoms with van der Waals surface area (Å²) in [6.45, 7) is 4.39. The Hall–Kier alpha value is -2.41. The van der Waals surface area contributed by atoms with Gasteiger partial charge in [-0.1, -0.05) is 81.3 Å². The molecule has 150 valence electrons. The van der Waals surface area contributed by atoms with Crippen LogP contribution < -0.4 is 0 Å². The third-order valence-electron chi connectivity index (χ3n) is 6.04. The molecule has 3 aromatic rings. The predicted molar refractivity (Wildman–Crippen MR) is 122 cm³/mol. The zero-order chi connectivity index (χ0) is 20.2. The van der Waals surface area contributed by atoms with Crippen molar-refractivity contribution in [2.75, 3.05) is 0 Å². The van der Waals surface area contributed by atoms with Gasteiger partial charge in [-0.25, -0.2) is 4.39 Å². The van der Waals surface area contributed by atoms with Gasteiger partial charge in [0.05, 0.1) is 0 Å². The monoisotopic (exact) mass is 386 g/mol. The summed E-state index contributed by atoms with van der Waals surface area (Å²) in [6.07, 6.45) is 7.97. The van der Waals surface area contributed by atoms with Crippen molar-refractivity contribution >= 4 is 0 Å². The molecule has 29 heavy (non-hydrogen) atoms. The van der Waals surface area contributed by atoms with Gasteiger partial charge in [0, 0.05) is 5.56 Å². The van der Waals surface area contributed by atoms with Crippen molar-refractivity contribution in [3.05, 3.63) is 83.2 Å². The minimum atomic E-state index is -0.1000. The molecule has 0 saturated heterocycles. The summed E-state index contributed by atoms with van der Waals surface area (Å²) in [7, 11) is 0. The highest BCUT2D eigenvalue weighted by Gasteiger charge is 2.27. The normalized spacial score (nSPS) is 13.6. The molecule has 0 aromatic heterocycles. The average Bonchev–Trinajstić information content (AvgIpc) is 3.58. The van der Waals surface area contributed by atoms with Crippen LogP contribution in [0.2, 0.25) is 0 Å². The zero-order valence-corrected chi connectivity index (χ0v) is 17.7. The first-order valence-electron chi connectivity index (χ1n) is 11.2. The molecule has 3 aromatic carbocycles.